The van der Waals surface area contributed by atoms with Crippen LogP contribution in [-0.4, -0.2) is 38.6 Å². The topological polar surface area (TPSA) is 67.4 Å². The number of likely N-dealkylation sites (N-methyl/N-ethyl adjacent to an activating group) is 1. The first-order chi connectivity index (χ1) is 8.67. The molecule has 0 aliphatic heterocycles. The molecule has 6 heteroatoms. The van der Waals surface area contributed by atoms with Gasteiger partial charge in [-0.2, -0.15) is 0 Å². The van der Waals surface area contributed by atoms with Crippen molar-refractivity contribution in [2.45, 2.75) is 12.5 Å². The molecule has 0 saturated carbocycles. The standard InChI is InChI=1S/C13H18N2O3.ClH/c1-14-9-12(16)15-11(13(17)18-2)8-10-6-4-3-5-7-10;/h3-7,11,14H,8-9H2,1-2H3,(H,15,16);1H. The van der Waals surface area contributed by atoms with Gasteiger partial charge in [0.05, 0.1) is 13.7 Å². The van der Waals surface area contributed by atoms with Crippen LogP contribution in [0, 0.1) is 0 Å². The van der Waals surface area contributed by atoms with Crippen LogP contribution < -0.4 is 10.6 Å². The van der Waals surface area contributed by atoms with Crippen LogP contribution in [0.25, 0.3) is 0 Å². The number of hydrogen-bond acceptors (Lipinski definition) is 4. The highest BCUT2D eigenvalue weighted by atomic mass is 35.5. The number of halogens is 1. The maximum Gasteiger partial charge on any atom is 0.328 e. The smallest absolute Gasteiger partial charge is 0.328 e. The molecule has 1 aromatic rings. The van der Waals surface area contributed by atoms with E-state index >= 15 is 0 Å². The summed E-state index contributed by atoms with van der Waals surface area (Å²) in [7, 11) is 2.98. The fraction of sp³-hybridized carbons (Fsp3) is 0.385. The molecule has 1 aromatic carbocycles. The third-order valence-electron chi connectivity index (χ3n) is 2.44. The van der Waals surface area contributed by atoms with Gasteiger partial charge >= 0.3 is 5.97 Å². The minimum Gasteiger partial charge on any atom is -0.467 e. The summed E-state index contributed by atoms with van der Waals surface area (Å²) in [4.78, 5) is 23.1. The van der Waals surface area contributed by atoms with E-state index in [2.05, 4.69) is 15.4 Å². The van der Waals surface area contributed by atoms with Gasteiger partial charge in [-0.15, -0.1) is 12.4 Å². The second kappa shape index (κ2) is 9.35. The average molecular weight is 287 g/mol. The van der Waals surface area contributed by atoms with Gasteiger partial charge in [0.15, 0.2) is 0 Å². The van der Waals surface area contributed by atoms with Gasteiger partial charge in [0.2, 0.25) is 5.91 Å². The summed E-state index contributed by atoms with van der Waals surface area (Å²) in [6.45, 7) is 0.169. The second-order valence-corrected chi connectivity index (χ2v) is 3.86. The first kappa shape index (κ1) is 17.4. The van der Waals surface area contributed by atoms with Crippen molar-refractivity contribution < 1.29 is 14.3 Å². The third-order valence-corrected chi connectivity index (χ3v) is 2.44. The van der Waals surface area contributed by atoms with Crippen molar-refractivity contribution in [3.63, 3.8) is 0 Å². The molecule has 106 valence electrons. The predicted octanol–water partition coefficient (Wildman–Crippen LogP) is 0.528. The number of methoxy groups -OCH3 is 1. The van der Waals surface area contributed by atoms with E-state index < -0.39 is 12.0 Å². The molecule has 1 unspecified atom stereocenters. The number of hydrogen-bond donors (Lipinski definition) is 2. The summed E-state index contributed by atoms with van der Waals surface area (Å²) in [5.74, 6) is -0.674. The SMILES string of the molecule is CNCC(=O)NC(Cc1ccccc1)C(=O)OC.Cl. The van der Waals surface area contributed by atoms with Gasteiger partial charge in [-0.05, 0) is 12.6 Å². The van der Waals surface area contributed by atoms with E-state index in [1.807, 2.05) is 30.3 Å². The van der Waals surface area contributed by atoms with Gasteiger partial charge < -0.3 is 15.4 Å². The fourth-order valence-corrected chi connectivity index (χ4v) is 1.59. The molecule has 19 heavy (non-hydrogen) atoms. The Hall–Kier alpha value is -1.59. The van der Waals surface area contributed by atoms with Gasteiger partial charge in [0.1, 0.15) is 6.04 Å². The molecule has 5 nitrogen and oxygen atoms in total. The molecule has 1 rings (SSSR count). The number of ether oxygens (including phenoxy) is 1. The molecule has 1 amide bonds. The van der Waals surface area contributed by atoms with Gasteiger partial charge in [-0.1, -0.05) is 30.3 Å². The van der Waals surface area contributed by atoms with Crippen molar-refractivity contribution in [2.75, 3.05) is 20.7 Å². The summed E-state index contributed by atoms with van der Waals surface area (Å²) >= 11 is 0. The molecule has 1 atom stereocenters. The molecule has 0 radical (unpaired) electrons. The maximum absolute atomic E-state index is 11.6. The van der Waals surface area contributed by atoms with Gasteiger partial charge in [-0.3, -0.25) is 4.79 Å². The number of benzene rings is 1. The van der Waals surface area contributed by atoms with Crippen molar-refractivity contribution in [3.05, 3.63) is 35.9 Å². The van der Waals surface area contributed by atoms with Crippen LogP contribution in [-0.2, 0) is 20.7 Å². The van der Waals surface area contributed by atoms with E-state index in [0.717, 1.165) is 5.56 Å². The molecule has 0 heterocycles. The highest BCUT2D eigenvalue weighted by Crippen LogP contribution is 2.04. The maximum atomic E-state index is 11.6. The number of esters is 1. The second-order valence-electron chi connectivity index (χ2n) is 3.86. The summed E-state index contributed by atoms with van der Waals surface area (Å²) in [6.07, 6.45) is 0.420. The zero-order valence-corrected chi connectivity index (χ0v) is 11.8. The Labute approximate surface area is 119 Å². The van der Waals surface area contributed by atoms with E-state index in [4.69, 9.17) is 0 Å². The van der Waals surface area contributed by atoms with Gasteiger partial charge in [-0.25, -0.2) is 4.79 Å². The summed E-state index contributed by atoms with van der Waals surface area (Å²) < 4.78 is 4.69. The van der Waals surface area contributed by atoms with Crippen LogP contribution in [0.5, 0.6) is 0 Å². The van der Waals surface area contributed by atoms with Crippen molar-refractivity contribution in [2.24, 2.45) is 0 Å². The van der Waals surface area contributed by atoms with E-state index in [1.165, 1.54) is 7.11 Å². The average Bonchev–Trinajstić information content (AvgIpc) is 2.38. The number of carbonyl (C=O) groups excluding carboxylic acids is 2. The van der Waals surface area contributed by atoms with Gasteiger partial charge in [0.25, 0.3) is 0 Å². The molecule has 0 spiro atoms. The molecule has 0 fully saturated rings. The Morgan fingerprint density at radius 1 is 1.26 bits per heavy atom. The van der Waals surface area contributed by atoms with Crippen molar-refractivity contribution in [1.29, 1.82) is 0 Å². The molecular formula is C13H19ClN2O3. The lowest BCUT2D eigenvalue weighted by atomic mass is 10.1. The Balaban J connectivity index is 0.00000324. The lowest BCUT2D eigenvalue weighted by Crippen LogP contribution is -2.45. The van der Waals surface area contributed by atoms with E-state index in [0.29, 0.717) is 6.42 Å². The quantitative estimate of drug-likeness (QED) is 0.749. The molecule has 0 aliphatic rings. The first-order valence-corrected chi connectivity index (χ1v) is 5.73. The Morgan fingerprint density at radius 3 is 2.42 bits per heavy atom. The van der Waals surface area contributed by atoms with Crippen LogP contribution in [0.4, 0.5) is 0 Å². The molecular weight excluding hydrogens is 268 g/mol. The molecule has 0 bridgehead atoms. The van der Waals surface area contributed by atoms with Crippen LogP contribution in [0.1, 0.15) is 5.56 Å². The number of rotatable bonds is 6. The van der Waals surface area contributed by atoms with Crippen LogP contribution in [0.15, 0.2) is 30.3 Å². The zero-order chi connectivity index (χ0) is 13.4. The Kier molecular flexibility index (Phi) is 8.57. The van der Waals surface area contributed by atoms with Gasteiger partial charge in [0, 0.05) is 6.42 Å². The van der Waals surface area contributed by atoms with Crippen LogP contribution in [0.3, 0.4) is 0 Å². The van der Waals surface area contributed by atoms with Crippen molar-refractivity contribution in [3.8, 4) is 0 Å². The van der Waals surface area contributed by atoms with E-state index in [-0.39, 0.29) is 24.9 Å². The Bertz CT molecular complexity index is 398. The van der Waals surface area contributed by atoms with Crippen LogP contribution in [0.2, 0.25) is 0 Å². The third kappa shape index (κ3) is 6.22. The van der Waals surface area contributed by atoms with Crippen molar-refractivity contribution in [1.82, 2.24) is 10.6 Å². The minimum absolute atomic E-state index is 0. The van der Waals surface area contributed by atoms with E-state index in [1.54, 1.807) is 7.05 Å². The lowest BCUT2D eigenvalue weighted by Gasteiger charge is -2.16. The highest BCUT2D eigenvalue weighted by Gasteiger charge is 2.21. The molecule has 0 aliphatic carbocycles. The lowest BCUT2D eigenvalue weighted by molar-refractivity contribution is -0.144. The Morgan fingerprint density at radius 2 is 1.89 bits per heavy atom. The summed E-state index contributed by atoms with van der Waals surface area (Å²) in [6, 6.07) is 8.83. The largest absolute Gasteiger partial charge is 0.467 e. The van der Waals surface area contributed by atoms with Crippen molar-refractivity contribution >= 4 is 24.3 Å². The summed E-state index contributed by atoms with van der Waals surface area (Å²) in [5.41, 5.74) is 0.970. The first-order valence-electron chi connectivity index (χ1n) is 5.73. The number of amides is 1. The summed E-state index contributed by atoms with van der Waals surface area (Å²) in [5, 5.41) is 5.37. The normalized spacial score (nSPS) is 11.1. The highest BCUT2D eigenvalue weighted by molar-refractivity contribution is 5.86. The number of nitrogens with one attached hydrogen (secondary N) is 2. The zero-order valence-electron chi connectivity index (χ0n) is 11.0. The molecule has 0 aromatic heterocycles. The van der Waals surface area contributed by atoms with E-state index in [9.17, 15) is 9.59 Å². The monoisotopic (exact) mass is 286 g/mol. The number of carbonyl (C=O) groups is 2. The minimum atomic E-state index is -0.654. The van der Waals surface area contributed by atoms with Crippen LogP contribution >= 0.6 is 12.4 Å². The molecule has 0 saturated heterocycles. The molecule has 2 N–H and O–H groups in total. The predicted molar refractivity (Wildman–Crippen MR) is 75.3 cm³/mol. The fourth-order valence-electron chi connectivity index (χ4n) is 1.59.